The normalized spacial score (nSPS) is 15.2. The Morgan fingerprint density at radius 2 is 1.23 bits per heavy atom. The summed E-state index contributed by atoms with van der Waals surface area (Å²) >= 11 is 0. The number of aryl methyl sites for hydroxylation is 2. The van der Waals surface area contributed by atoms with Crippen LogP contribution in [0.4, 0.5) is 0 Å². The van der Waals surface area contributed by atoms with Gasteiger partial charge < -0.3 is 0 Å². The van der Waals surface area contributed by atoms with Crippen LogP contribution in [0.25, 0.3) is 11.1 Å². The molecule has 0 bridgehead atoms. The van der Waals surface area contributed by atoms with Gasteiger partial charge in [-0.05, 0) is 115 Å². The zero-order chi connectivity index (χ0) is 19.8. The molecule has 3 rings (SSSR count). The summed E-state index contributed by atoms with van der Waals surface area (Å²) < 4.78 is 0. The number of fused-ring (bicyclic) bond motifs is 3. The molecule has 0 spiro atoms. The van der Waals surface area contributed by atoms with Gasteiger partial charge in [0.05, 0.1) is 0 Å². The second-order valence-electron chi connectivity index (χ2n) is 10.4. The largest absolute Gasteiger partial charge is 0.0599 e. The quantitative estimate of drug-likeness (QED) is 0.502. The van der Waals surface area contributed by atoms with Crippen LogP contribution in [0, 0.1) is 47.0 Å². The van der Waals surface area contributed by atoms with Crippen LogP contribution in [0.15, 0.2) is 6.07 Å². The summed E-state index contributed by atoms with van der Waals surface area (Å²) in [5.41, 5.74) is 17.0. The zero-order valence-corrected chi connectivity index (χ0v) is 18.8. The Morgan fingerprint density at radius 1 is 0.692 bits per heavy atom. The van der Waals surface area contributed by atoms with Crippen molar-refractivity contribution >= 4 is 0 Å². The Hall–Kier alpha value is -1.56. The van der Waals surface area contributed by atoms with Crippen molar-refractivity contribution in [2.45, 2.75) is 88.0 Å². The molecule has 0 unspecified atom stereocenters. The molecule has 1 aliphatic carbocycles. The van der Waals surface area contributed by atoms with E-state index >= 15 is 0 Å². The van der Waals surface area contributed by atoms with Gasteiger partial charge >= 0.3 is 0 Å². The molecule has 0 radical (unpaired) electrons. The molecule has 2 aromatic rings. The van der Waals surface area contributed by atoms with Gasteiger partial charge in [0.2, 0.25) is 0 Å². The first-order valence-corrected chi connectivity index (χ1v) is 10.0. The van der Waals surface area contributed by atoms with Crippen molar-refractivity contribution < 1.29 is 0 Å². The molecule has 1 aliphatic rings. The molecule has 0 saturated carbocycles. The molecule has 140 valence electrons. The second kappa shape index (κ2) is 5.72. The average Bonchev–Trinajstić information content (AvgIpc) is 2.74. The summed E-state index contributed by atoms with van der Waals surface area (Å²) in [5, 5.41) is 0. The van der Waals surface area contributed by atoms with Crippen LogP contribution in [-0.4, -0.2) is 0 Å². The van der Waals surface area contributed by atoms with E-state index in [0.717, 1.165) is 6.42 Å². The van der Waals surface area contributed by atoms with E-state index in [1.54, 1.807) is 16.7 Å². The van der Waals surface area contributed by atoms with E-state index in [4.69, 9.17) is 0 Å². The molecule has 0 N–H and O–H groups in total. The molecule has 0 amide bonds. The summed E-state index contributed by atoms with van der Waals surface area (Å²) in [7, 11) is 0. The van der Waals surface area contributed by atoms with E-state index < -0.39 is 0 Å². The van der Waals surface area contributed by atoms with Gasteiger partial charge in [0.1, 0.15) is 0 Å². The average molecular weight is 349 g/mol. The molecule has 0 saturated heterocycles. The number of benzene rings is 2. The van der Waals surface area contributed by atoms with Gasteiger partial charge in [-0.3, -0.25) is 0 Å². The van der Waals surface area contributed by atoms with Gasteiger partial charge in [0.15, 0.2) is 0 Å². The van der Waals surface area contributed by atoms with E-state index in [1.165, 1.54) is 44.5 Å². The second-order valence-corrected chi connectivity index (χ2v) is 10.4. The van der Waals surface area contributed by atoms with Crippen molar-refractivity contribution in [2.24, 2.45) is 5.41 Å². The van der Waals surface area contributed by atoms with E-state index in [9.17, 15) is 0 Å². The summed E-state index contributed by atoms with van der Waals surface area (Å²) in [6, 6.07) is 2.39. The van der Waals surface area contributed by atoms with Gasteiger partial charge in [0, 0.05) is 5.41 Å². The molecule has 0 atom stereocenters. The van der Waals surface area contributed by atoms with E-state index in [0.29, 0.717) is 5.41 Å². The molecule has 0 nitrogen and oxygen atoms in total. The predicted molar refractivity (Wildman–Crippen MR) is 116 cm³/mol. The number of hydrogen-bond acceptors (Lipinski definition) is 0. The molecular weight excluding hydrogens is 312 g/mol. The van der Waals surface area contributed by atoms with Crippen molar-refractivity contribution in [1.82, 2.24) is 0 Å². The first-order valence-electron chi connectivity index (χ1n) is 10.0. The Bertz CT molecular complexity index is 915. The third-order valence-electron chi connectivity index (χ3n) is 6.72. The zero-order valence-electron chi connectivity index (χ0n) is 18.8. The van der Waals surface area contributed by atoms with E-state index in [2.05, 4.69) is 82.2 Å². The Labute approximate surface area is 161 Å². The van der Waals surface area contributed by atoms with Crippen molar-refractivity contribution in [2.75, 3.05) is 0 Å². The van der Waals surface area contributed by atoms with Crippen LogP contribution >= 0.6 is 0 Å². The van der Waals surface area contributed by atoms with Gasteiger partial charge in [-0.25, -0.2) is 0 Å². The smallest absolute Gasteiger partial charge is 0.0164 e. The fraction of sp³-hybridized carbons (Fsp3) is 0.538. The Morgan fingerprint density at radius 3 is 1.77 bits per heavy atom. The highest BCUT2D eigenvalue weighted by atomic mass is 14.4. The summed E-state index contributed by atoms with van der Waals surface area (Å²) in [5.74, 6) is 0. The highest BCUT2D eigenvalue weighted by Crippen LogP contribution is 2.55. The fourth-order valence-corrected chi connectivity index (χ4v) is 5.43. The van der Waals surface area contributed by atoms with Crippen molar-refractivity contribution in [3.63, 3.8) is 0 Å². The van der Waals surface area contributed by atoms with Gasteiger partial charge in [-0.15, -0.1) is 0 Å². The Balaban J connectivity index is 2.48. The van der Waals surface area contributed by atoms with E-state index in [-0.39, 0.29) is 5.41 Å². The third kappa shape index (κ3) is 2.56. The molecule has 0 heterocycles. The van der Waals surface area contributed by atoms with Gasteiger partial charge in [-0.2, -0.15) is 0 Å². The molecule has 0 fully saturated rings. The topological polar surface area (TPSA) is 0 Å². The van der Waals surface area contributed by atoms with Crippen LogP contribution < -0.4 is 0 Å². The lowest BCUT2D eigenvalue weighted by molar-refractivity contribution is 0.409. The van der Waals surface area contributed by atoms with E-state index in [1.807, 2.05) is 0 Å². The molecular formula is C26H36. The highest BCUT2D eigenvalue weighted by molar-refractivity contribution is 5.89. The maximum atomic E-state index is 2.43. The van der Waals surface area contributed by atoms with Crippen LogP contribution in [0.1, 0.15) is 84.7 Å². The summed E-state index contributed by atoms with van der Waals surface area (Å²) in [6.45, 7) is 25.9. The Kier molecular flexibility index (Phi) is 4.22. The maximum absolute atomic E-state index is 2.43. The number of hydrogen-bond donors (Lipinski definition) is 0. The van der Waals surface area contributed by atoms with Crippen molar-refractivity contribution in [3.05, 3.63) is 56.1 Å². The summed E-state index contributed by atoms with van der Waals surface area (Å²) in [4.78, 5) is 0. The van der Waals surface area contributed by atoms with Gasteiger partial charge in [-0.1, -0.05) is 40.7 Å². The first kappa shape index (κ1) is 19.2. The minimum absolute atomic E-state index is 0.0748. The first-order chi connectivity index (χ1) is 11.8. The van der Waals surface area contributed by atoms with Crippen molar-refractivity contribution in [1.29, 1.82) is 0 Å². The molecule has 0 heteroatoms. The van der Waals surface area contributed by atoms with Crippen molar-refractivity contribution in [3.8, 4) is 11.1 Å². The lowest BCUT2D eigenvalue weighted by Gasteiger charge is -2.29. The standard InChI is InChI=1S/C26H36/c1-14-12-15(2)21-22-19(6)20(13-25(7,8)9)17(4)18(5)24(22)26(10,11)23(21)16(14)3/h12H,13H2,1-11H3. The van der Waals surface area contributed by atoms with Crippen LogP contribution in [0.5, 0.6) is 0 Å². The molecule has 0 aromatic heterocycles. The summed E-state index contributed by atoms with van der Waals surface area (Å²) in [6.07, 6.45) is 1.14. The number of rotatable bonds is 1. The molecule has 26 heavy (non-hydrogen) atoms. The van der Waals surface area contributed by atoms with Crippen LogP contribution in [0.3, 0.4) is 0 Å². The highest BCUT2D eigenvalue weighted by Gasteiger charge is 2.41. The van der Waals surface area contributed by atoms with Crippen LogP contribution in [-0.2, 0) is 11.8 Å². The predicted octanol–water partition coefficient (Wildman–Crippen LogP) is 7.43. The van der Waals surface area contributed by atoms with Crippen LogP contribution in [0.2, 0.25) is 0 Å². The monoisotopic (exact) mass is 348 g/mol. The molecule has 0 aliphatic heterocycles. The molecule has 2 aromatic carbocycles. The lowest BCUT2D eigenvalue weighted by Crippen LogP contribution is -2.20. The SMILES string of the molecule is Cc1cc(C)c2c(c1C)C(C)(C)c1c(C)c(C)c(CC(C)(C)C)c(C)c1-2. The fourth-order valence-electron chi connectivity index (χ4n) is 5.43. The minimum Gasteiger partial charge on any atom is -0.0599 e. The lowest BCUT2D eigenvalue weighted by atomic mass is 9.75. The van der Waals surface area contributed by atoms with Gasteiger partial charge in [0.25, 0.3) is 0 Å². The maximum Gasteiger partial charge on any atom is 0.0164 e. The minimum atomic E-state index is 0.0748. The third-order valence-corrected chi connectivity index (χ3v) is 6.72.